The van der Waals surface area contributed by atoms with Gasteiger partial charge in [0.05, 0.1) is 0 Å². The third-order valence-electron chi connectivity index (χ3n) is 6.55. The predicted molar refractivity (Wildman–Crippen MR) is 107 cm³/mol. The Balaban J connectivity index is 1.24. The van der Waals surface area contributed by atoms with E-state index in [9.17, 15) is 0 Å². The number of rotatable bonds is 6. The number of hydrogen-bond donors (Lipinski definition) is 0. The van der Waals surface area contributed by atoms with Crippen molar-refractivity contribution in [3.63, 3.8) is 0 Å². The molecule has 0 aliphatic heterocycles. The first-order chi connectivity index (χ1) is 12.4. The zero-order valence-corrected chi connectivity index (χ0v) is 14.9. The zero-order chi connectivity index (χ0) is 16.6. The quantitative estimate of drug-likeness (QED) is 0.356. The van der Waals surface area contributed by atoms with E-state index in [1.54, 1.807) is 0 Å². The number of benzene rings is 2. The van der Waals surface area contributed by atoms with E-state index in [1.165, 1.54) is 60.3 Å². The van der Waals surface area contributed by atoms with Gasteiger partial charge in [0, 0.05) is 28.4 Å². The topological polar surface area (TPSA) is 4.93 Å². The summed E-state index contributed by atoms with van der Waals surface area (Å²) in [5, 5.41) is 2.79. The molecule has 0 saturated heterocycles. The lowest BCUT2D eigenvalue weighted by atomic mass is 9.89. The van der Waals surface area contributed by atoms with Crippen molar-refractivity contribution in [2.45, 2.75) is 45.1 Å². The molecule has 1 nitrogen and oxygen atoms in total. The van der Waals surface area contributed by atoms with E-state index in [0.717, 1.165) is 24.3 Å². The second kappa shape index (κ2) is 6.37. The van der Waals surface area contributed by atoms with Gasteiger partial charge in [-0.15, -0.1) is 0 Å². The van der Waals surface area contributed by atoms with Gasteiger partial charge in [0.15, 0.2) is 0 Å². The summed E-state index contributed by atoms with van der Waals surface area (Å²) < 4.78 is 2.53. The number of aromatic nitrogens is 1. The Kier molecular flexibility index (Phi) is 3.88. The van der Waals surface area contributed by atoms with Crippen molar-refractivity contribution in [3.05, 3.63) is 60.7 Å². The highest BCUT2D eigenvalue weighted by molar-refractivity contribution is 6.07. The largest absolute Gasteiger partial charge is 0.340 e. The normalized spacial score (nSPS) is 24.7. The molecule has 2 aliphatic carbocycles. The average molecular weight is 329 g/mol. The summed E-state index contributed by atoms with van der Waals surface area (Å²) in [6, 6.07) is 17.7. The van der Waals surface area contributed by atoms with Crippen molar-refractivity contribution < 1.29 is 0 Å². The molecule has 0 N–H and O–H groups in total. The van der Waals surface area contributed by atoms with Gasteiger partial charge in [0.25, 0.3) is 0 Å². The van der Waals surface area contributed by atoms with E-state index in [0.29, 0.717) is 0 Å². The van der Waals surface area contributed by atoms with Crippen molar-refractivity contribution in [3.8, 4) is 0 Å². The summed E-state index contributed by atoms with van der Waals surface area (Å²) in [7, 11) is 0. The molecule has 1 heterocycles. The lowest BCUT2D eigenvalue weighted by Crippen LogP contribution is -2.06. The average Bonchev–Trinajstić information content (AvgIpc) is 3.35. The first kappa shape index (κ1) is 15.3. The Bertz CT molecular complexity index is 863. The first-order valence-corrected chi connectivity index (χ1v) is 10.0. The van der Waals surface area contributed by atoms with Gasteiger partial charge in [-0.05, 0) is 55.6 Å². The SMILES string of the molecule is C1=CC2CC1CC2CCCCCn1c2ccccc2c2ccccc21. The van der Waals surface area contributed by atoms with Gasteiger partial charge in [-0.2, -0.15) is 0 Å². The molecule has 1 saturated carbocycles. The van der Waals surface area contributed by atoms with E-state index in [4.69, 9.17) is 0 Å². The van der Waals surface area contributed by atoms with Crippen LogP contribution in [0.2, 0.25) is 0 Å². The second-order valence-electron chi connectivity index (χ2n) is 8.08. The Morgan fingerprint density at radius 3 is 2.12 bits per heavy atom. The molecule has 2 aromatic carbocycles. The van der Waals surface area contributed by atoms with E-state index >= 15 is 0 Å². The molecule has 3 atom stereocenters. The van der Waals surface area contributed by atoms with Crippen LogP contribution in [0.4, 0.5) is 0 Å². The summed E-state index contributed by atoms with van der Waals surface area (Å²) in [6.45, 7) is 1.14. The highest BCUT2D eigenvalue weighted by atomic mass is 15.0. The Morgan fingerprint density at radius 1 is 0.760 bits per heavy atom. The van der Waals surface area contributed by atoms with Crippen LogP contribution in [0.1, 0.15) is 38.5 Å². The summed E-state index contributed by atoms with van der Waals surface area (Å²) in [6.07, 6.45) is 13.4. The molecule has 5 rings (SSSR count). The summed E-state index contributed by atoms with van der Waals surface area (Å²) in [5.41, 5.74) is 2.78. The van der Waals surface area contributed by atoms with Crippen LogP contribution in [0.25, 0.3) is 21.8 Å². The van der Waals surface area contributed by atoms with E-state index in [1.807, 2.05) is 0 Å². The van der Waals surface area contributed by atoms with Crippen LogP contribution in [0.15, 0.2) is 60.7 Å². The highest BCUT2D eigenvalue weighted by Gasteiger charge is 2.34. The van der Waals surface area contributed by atoms with E-state index in [2.05, 4.69) is 65.3 Å². The molecule has 1 aromatic heterocycles. The lowest BCUT2D eigenvalue weighted by molar-refractivity contribution is 0.393. The molecule has 1 heteroatoms. The van der Waals surface area contributed by atoms with E-state index < -0.39 is 0 Å². The second-order valence-corrected chi connectivity index (χ2v) is 8.08. The number of unbranched alkanes of at least 4 members (excludes halogenated alkanes) is 2. The summed E-state index contributed by atoms with van der Waals surface area (Å²) in [5.74, 6) is 2.83. The molecular weight excluding hydrogens is 302 g/mol. The first-order valence-electron chi connectivity index (χ1n) is 10.0. The number of nitrogens with zero attached hydrogens (tertiary/aromatic N) is 1. The number of para-hydroxylation sites is 2. The van der Waals surface area contributed by atoms with Crippen LogP contribution in [0.3, 0.4) is 0 Å². The molecule has 25 heavy (non-hydrogen) atoms. The van der Waals surface area contributed by atoms with Crippen molar-refractivity contribution in [1.29, 1.82) is 0 Å². The smallest absolute Gasteiger partial charge is 0.0491 e. The van der Waals surface area contributed by atoms with Gasteiger partial charge in [-0.3, -0.25) is 0 Å². The minimum atomic E-state index is 0.919. The lowest BCUT2D eigenvalue weighted by Gasteiger charge is -2.17. The standard InChI is InChI=1S/C24H27N/c1(2-8-19-16-18-13-14-20(19)17-18)7-15-25-23-11-5-3-9-21(23)22-10-4-6-12-24(22)25/h3-6,9-14,18-20H,1-2,7-8,15-17H2. The number of fused-ring (bicyclic) bond motifs is 5. The molecule has 0 radical (unpaired) electrons. The highest BCUT2D eigenvalue weighted by Crippen LogP contribution is 2.45. The van der Waals surface area contributed by atoms with Crippen molar-refractivity contribution in [2.24, 2.45) is 17.8 Å². The maximum atomic E-state index is 2.53. The molecule has 3 unspecified atom stereocenters. The maximum absolute atomic E-state index is 2.53. The minimum absolute atomic E-state index is 0.919. The van der Waals surface area contributed by atoms with Crippen LogP contribution in [-0.4, -0.2) is 4.57 Å². The third kappa shape index (κ3) is 2.70. The van der Waals surface area contributed by atoms with Gasteiger partial charge in [0.1, 0.15) is 0 Å². The molecule has 128 valence electrons. The van der Waals surface area contributed by atoms with Gasteiger partial charge in [-0.25, -0.2) is 0 Å². The van der Waals surface area contributed by atoms with Gasteiger partial charge in [0.2, 0.25) is 0 Å². The van der Waals surface area contributed by atoms with Crippen LogP contribution in [-0.2, 0) is 6.54 Å². The molecule has 1 fully saturated rings. The minimum Gasteiger partial charge on any atom is -0.340 e. The molecule has 2 aliphatic rings. The number of hydrogen-bond acceptors (Lipinski definition) is 0. The third-order valence-corrected chi connectivity index (χ3v) is 6.55. The fraction of sp³-hybridized carbons (Fsp3) is 0.417. The summed E-state index contributed by atoms with van der Waals surface area (Å²) in [4.78, 5) is 0. The molecule has 0 amide bonds. The van der Waals surface area contributed by atoms with Gasteiger partial charge in [-0.1, -0.05) is 61.4 Å². The van der Waals surface area contributed by atoms with E-state index in [-0.39, 0.29) is 0 Å². The van der Waals surface area contributed by atoms with Crippen molar-refractivity contribution >= 4 is 21.8 Å². The number of aryl methyl sites for hydroxylation is 1. The Hall–Kier alpha value is -2.02. The Labute approximate surface area is 150 Å². The van der Waals surface area contributed by atoms with Crippen molar-refractivity contribution in [1.82, 2.24) is 4.57 Å². The molecular formula is C24H27N. The fourth-order valence-corrected chi connectivity index (χ4v) is 5.32. The van der Waals surface area contributed by atoms with Crippen LogP contribution < -0.4 is 0 Å². The van der Waals surface area contributed by atoms with Crippen molar-refractivity contribution in [2.75, 3.05) is 0 Å². The summed E-state index contributed by atoms with van der Waals surface area (Å²) >= 11 is 0. The van der Waals surface area contributed by atoms with Crippen LogP contribution >= 0.6 is 0 Å². The van der Waals surface area contributed by atoms with Crippen LogP contribution in [0.5, 0.6) is 0 Å². The number of allylic oxidation sites excluding steroid dienone is 2. The van der Waals surface area contributed by atoms with Crippen LogP contribution in [0, 0.1) is 17.8 Å². The maximum Gasteiger partial charge on any atom is 0.0491 e. The zero-order valence-electron chi connectivity index (χ0n) is 14.9. The monoisotopic (exact) mass is 329 g/mol. The molecule has 2 bridgehead atoms. The van der Waals surface area contributed by atoms with Gasteiger partial charge >= 0.3 is 0 Å². The molecule has 0 spiro atoms. The fourth-order valence-electron chi connectivity index (χ4n) is 5.32. The van der Waals surface area contributed by atoms with Gasteiger partial charge < -0.3 is 4.57 Å². The Morgan fingerprint density at radius 2 is 1.48 bits per heavy atom. The molecule has 3 aromatic rings. The predicted octanol–water partition coefficient (Wildman–Crippen LogP) is 6.57.